The molecule has 492 valence electrons. The summed E-state index contributed by atoms with van der Waals surface area (Å²) in [5, 5.41) is 39.1. The van der Waals surface area contributed by atoms with Gasteiger partial charge in [0, 0.05) is 25.7 Å². The Hall–Kier alpha value is -10.7. The van der Waals surface area contributed by atoms with E-state index in [0.29, 0.717) is 16.7 Å². The summed E-state index contributed by atoms with van der Waals surface area (Å²) in [5.74, 6) is 0. The Kier molecular flexibility index (Phi) is 15.9. The summed E-state index contributed by atoms with van der Waals surface area (Å²) in [6, 6.07) is 97.2. The number of nitriles is 3. The molecule has 3 aliphatic carbocycles. The maximum Gasteiger partial charge on any atom is 0.494 e. The van der Waals surface area contributed by atoms with Gasteiger partial charge >= 0.3 is 7.12 Å². The molecule has 1 aliphatic heterocycles. The number of fused-ring (bicyclic) bond motifs is 13. The minimum atomic E-state index is -0.362. The topological polar surface area (TPSA) is 89.8 Å². The highest BCUT2D eigenvalue weighted by Gasteiger charge is 2.52. The maximum absolute atomic E-state index is 9.73. The first-order chi connectivity index (χ1) is 49.0. The van der Waals surface area contributed by atoms with Crippen LogP contribution in [-0.2, 0) is 25.6 Å². The van der Waals surface area contributed by atoms with Gasteiger partial charge in [0.2, 0.25) is 0 Å². The van der Waals surface area contributed by atoms with Crippen LogP contribution in [0, 0.1) is 34.0 Å². The van der Waals surface area contributed by atoms with Crippen LogP contribution in [0.3, 0.4) is 0 Å². The van der Waals surface area contributed by atoms with Gasteiger partial charge in [0.15, 0.2) is 0 Å². The first kappa shape index (κ1) is 65.9. The molecule has 5 nitrogen and oxygen atoms in total. The highest BCUT2D eigenvalue weighted by Crippen LogP contribution is 2.55. The van der Waals surface area contributed by atoms with E-state index >= 15 is 0 Å². The molecule has 0 saturated carbocycles. The molecule has 8 heteroatoms. The highest BCUT2D eigenvalue weighted by atomic mass is 79.9. The molecule has 102 heavy (non-hydrogen) atoms. The van der Waals surface area contributed by atoms with Gasteiger partial charge in [-0.1, -0.05) is 241 Å². The quantitative estimate of drug-likeness (QED) is 0.126. The van der Waals surface area contributed by atoms with E-state index in [1.54, 1.807) is 0 Å². The third kappa shape index (κ3) is 10.6. The summed E-state index contributed by atoms with van der Waals surface area (Å²) < 4.78 is 13.6. The van der Waals surface area contributed by atoms with E-state index in [1.165, 1.54) is 149 Å². The average molecular weight is 1400 g/mol. The van der Waals surface area contributed by atoms with Crippen molar-refractivity contribution in [3.63, 3.8) is 0 Å². The van der Waals surface area contributed by atoms with Gasteiger partial charge in [-0.3, -0.25) is 0 Å². The van der Waals surface area contributed by atoms with Crippen LogP contribution in [0.15, 0.2) is 259 Å². The lowest BCUT2D eigenvalue weighted by molar-refractivity contribution is 0.00578. The van der Waals surface area contributed by atoms with Crippen LogP contribution < -0.4 is 5.46 Å². The Morgan fingerprint density at radius 3 is 1.11 bits per heavy atom. The van der Waals surface area contributed by atoms with Crippen LogP contribution in [0.5, 0.6) is 0 Å². The number of halogens is 2. The molecule has 14 aromatic rings. The molecule has 14 aromatic carbocycles. The summed E-state index contributed by atoms with van der Waals surface area (Å²) in [6.07, 6.45) is 0. The number of hydrogen-bond acceptors (Lipinski definition) is 5. The van der Waals surface area contributed by atoms with Crippen molar-refractivity contribution in [1.82, 2.24) is 0 Å². The number of rotatable bonds is 5. The fraction of sp³-hybridized carbons (Fsp3) is 0.160. The molecule has 0 radical (unpaired) electrons. The molecule has 0 amide bonds. The second-order valence-corrected chi connectivity index (χ2v) is 31.3. The van der Waals surface area contributed by atoms with Crippen LogP contribution in [0.2, 0.25) is 5.02 Å². The van der Waals surface area contributed by atoms with Gasteiger partial charge in [-0.15, -0.1) is 0 Å². The van der Waals surface area contributed by atoms with Crippen molar-refractivity contribution in [2.24, 2.45) is 0 Å². The molecule has 1 heterocycles. The van der Waals surface area contributed by atoms with E-state index in [9.17, 15) is 15.8 Å². The van der Waals surface area contributed by atoms with Crippen molar-refractivity contribution in [2.45, 2.75) is 96.7 Å². The maximum atomic E-state index is 9.73. The van der Waals surface area contributed by atoms with E-state index in [1.807, 2.05) is 42.5 Å². The van der Waals surface area contributed by atoms with Gasteiger partial charge in [-0.2, -0.15) is 15.8 Å². The van der Waals surface area contributed by atoms with Crippen LogP contribution in [-0.4, -0.2) is 18.3 Å². The predicted molar refractivity (Wildman–Crippen MR) is 426 cm³/mol. The second-order valence-electron chi connectivity index (χ2n) is 30.1. The van der Waals surface area contributed by atoms with Crippen LogP contribution in [0.1, 0.15) is 119 Å². The molecule has 0 N–H and O–H groups in total. The molecule has 1 fully saturated rings. The van der Waals surface area contributed by atoms with E-state index in [4.69, 9.17) is 20.9 Å². The van der Waals surface area contributed by atoms with Crippen LogP contribution >= 0.6 is 27.5 Å². The summed E-state index contributed by atoms with van der Waals surface area (Å²) >= 11 is 9.98. The van der Waals surface area contributed by atoms with Crippen molar-refractivity contribution in [2.75, 3.05) is 0 Å². The second kappa shape index (κ2) is 24.6. The zero-order valence-electron chi connectivity index (χ0n) is 58.7. The largest absolute Gasteiger partial charge is 0.494 e. The zero-order chi connectivity index (χ0) is 70.9. The Labute approximate surface area is 611 Å². The van der Waals surface area contributed by atoms with Gasteiger partial charge in [-0.25, -0.2) is 0 Å². The molecule has 1 saturated heterocycles. The SMILES string of the molecule is CC1(C)c2cc(C#N)ccc2-c2ccc(-c3ccc4c(-c5ccccc5)c5ccccc5c(-c5ccc6c(c5)C(C)(C)c5cc(C#N)ccc5-6)c4c3)cc21.CC1(C)c2cc(C#N)ccc2-c2ccc(B3OC(C)(C)C(C)(C)O3)cc21.Clc1ccc2c(-c3ccccc3)c3ccccc3c(Br)c2c1. The summed E-state index contributed by atoms with van der Waals surface area (Å²) in [7, 11) is -0.362. The van der Waals surface area contributed by atoms with Gasteiger partial charge in [0.05, 0.1) is 46.1 Å². The third-order valence-electron chi connectivity index (χ3n) is 22.7. The van der Waals surface area contributed by atoms with Crippen molar-refractivity contribution in [1.29, 1.82) is 15.8 Å². The molecular weight excluding hydrogens is 1330 g/mol. The monoisotopic (exact) mass is 1400 g/mol. The van der Waals surface area contributed by atoms with Gasteiger partial charge in [0.1, 0.15) is 0 Å². The van der Waals surface area contributed by atoms with Crippen LogP contribution in [0.4, 0.5) is 0 Å². The molecule has 0 bridgehead atoms. The normalized spacial score (nSPS) is 15.3. The van der Waals surface area contributed by atoms with Crippen LogP contribution in [0.25, 0.3) is 121 Å². The standard InChI is InChI=1S/C52H36N2.C22H24BNO2.C20H12BrCl/c1-51(2)45-24-31(29-53)14-19-37(45)39-21-16-35(27-47(39)51)34-17-23-43-44(26-34)50(42-13-9-8-12-41(42)49(43)33-10-6-5-7-11-33)36-18-22-40-38-20-15-32(30-54)25-46(38)52(3,4)48(40)28-36;1-20(2)18-11-14(13-24)7-9-16(18)17-10-8-15(12-19(17)20)23-25-21(3,4)22(5,6)26-23;21-20-17-9-5-4-8-15(17)19(13-6-2-1-3-7-13)16-11-10-14(22)12-18(16)20/h5-28H,1-4H3;7-12H,1-6H3;1-12H. The Morgan fingerprint density at radius 2 is 0.637 bits per heavy atom. The highest BCUT2D eigenvalue weighted by molar-refractivity contribution is 9.10. The van der Waals surface area contributed by atoms with Gasteiger partial charge < -0.3 is 9.31 Å². The fourth-order valence-electron chi connectivity index (χ4n) is 16.5. The molecule has 0 atom stereocenters. The average Bonchev–Trinajstić information content (AvgIpc) is 1.23. The molecule has 0 spiro atoms. The molecule has 0 unspecified atom stereocenters. The van der Waals surface area contributed by atoms with Crippen molar-refractivity contribution >= 4 is 83.2 Å². The lowest BCUT2D eigenvalue weighted by Gasteiger charge is -2.32. The minimum absolute atomic E-state index is 0.156. The third-order valence-corrected chi connectivity index (χ3v) is 23.7. The van der Waals surface area contributed by atoms with E-state index in [2.05, 4.69) is 316 Å². The van der Waals surface area contributed by atoms with Gasteiger partial charge in [-0.05, 0) is 270 Å². The smallest absolute Gasteiger partial charge is 0.399 e. The van der Waals surface area contributed by atoms with E-state index < -0.39 is 0 Å². The number of hydrogen-bond donors (Lipinski definition) is 0. The Balaban J connectivity index is 0.000000138. The minimum Gasteiger partial charge on any atom is -0.399 e. The fourth-order valence-corrected chi connectivity index (χ4v) is 17.3. The molecular formula is C94H72BBrClN3O2. The number of benzene rings is 14. The van der Waals surface area contributed by atoms with Crippen molar-refractivity contribution < 1.29 is 9.31 Å². The van der Waals surface area contributed by atoms with Crippen molar-refractivity contribution in [3.05, 3.63) is 314 Å². The van der Waals surface area contributed by atoms with E-state index in [0.717, 1.165) is 20.3 Å². The Morgan fingerprint density at radius 1 is 0.304 bits per heavy atom. The summed E-state index contributed by atoms with van der Waals surface area (Å²) in [6.45, 7) is 21.8. The predicted octanol–water partition coefficient (Wildman–Crippen LogP) is 24.6. The van der Waals surface area contributed by atoms with Crippen molar-refractivity contribution in [3.8, 4) is 96.1 Å². The van der Waals surface area contributed by atoms with E-state index in [-0.39, 0.29) is 34.6 Å². The first-order valence-corrected chi connectivity index (χ1v) is 36.0. The summed E-state index contributed by atoms with van der Waals surface area (Å²) in [4.78, 5) is 0. The first-order valence-electron chi connectivity index (χ1n) is 34.8. The lowest BCUT2D eigenvalue weighted by atomic mass is 9.74. The zero-order valence-corrected chi connectivity index (χ0v) is 61.1. The summed E-state index contributed by atoms with van der Waals surface area (Å²) in [5.41, 5.74) is 26.3. The Bertz CT molecular complexity index is 5990. The molecule has 4 aliphatic rings. The number of nitrogens with zero attached hydrogens (tertiary/aromatic N) is 3. The van der Waals surface area contributed by atoms with Gasteiger partial charge in [0.25, 0.3) is 0 Å². The lowest BCUT2D eigenvalue weighted by Crippen LogP contribution is -2.41. The molecule has 0 aromatic heterocycles. The molecule has 18 rings (SSSR count).